The van der Waals surface area contributed by atoms with Crippen LogP contribution in [0.5, 0.6) is 0 Å². The highest BCUT2D eigenvalue weighted by molar-refractivity contribution is 5.93. The van der Waals surface area contributed by atoms with Crippen molar-refractivity contribution < 1.29 is 0 Å². The fraction of sp³-hybridized carbons (Fsp3) is 0.214. The van der Waals surface area contributed by atoms with Gasteiger partial charge in [-0.1, -0.05) is 55.5 Å². The highest BCUT2D eigenvalue weighted by Crippen LogP contribution is 2.32. The minimum Gasteiger partial charge on any atom is -0.370 e. The zero-order valence-corrected chi connectivity index (χ0v) is 18.3. The maximum atomic E-state index is 5.12. The highest BCUT2D eigenvalue weighted by Gasteiger charge is 2.18. The van der Waals surface area contributed by atoms with Crippen molar-refractivity contribution >= 4 is 27.6 Å². The Kier molecular flexibility index (Phi) is 4.64. The summed E-state index contributed by atoms with van der Waals surface area (Å²) in [6, 6.07) is 25.5. The first-order valence-electron chi connectivity index (χ1n) is 11.4. The fourth-order valence-corrected chi connectivity index (χ4v) is 4.73. The van der Waals surface area contributed by atoms with Gasteiger partial charge in [0.25, 0.3) is 0 Å². The molecule has 6 rings (SSSR count). The Morgan fingerprint density at radius 3 is 2.53 bits per heavy atom. The zero-order valence-electron chi connectivity index (χ0n) is 18.3. The molecule has 0 atom stereocenters. The number of H-pyrrole nitrogens is 1. The Hall–Kier alpha value is -3.66. The fourth-order valence-electron chi connectivity index (χ4n) is 4.73. The summed E-state index contributed by atoms with van der Waals surface area (Å²) in [5, 5.41) is 2.29. The minimum absolute atomic E-state index is 0.810. The predicted octanol–water partition coefficient (Wildman–Crippen LogP) is 6.68. The van der Waals surface area contributed by atoms with E-state index >= 15 is 0 Å². The number of aromatic amines is 1. The third-order valence-electron chi connectivity index (χ3n) is 6.67. The maximum absolute atomic E-state index is 5.12. The summed E-state index contributed by atoms with van der Waals surface area (Å²) in [7, 11) is 0. The van der Waals surface area contributed by atoms with Crippen LogP contribution >= 0.6 is 0 Å². The summed E-state index contributed by atoms with van der Waals surface area (Å²) < 4.78 is 0. The Labute approximate surface area is 188 Å². The lowest BCUT2D eigenvalue weighted by Gasteiger charge is -2.32. The van der Waals surface area contributed by atoms with Crippen LogP contribution in [0.4, 0.5) is 5.69 Å². The number of hydrogen-bond donors (Lipinski definition) is 1. The van der Waals surface area contributed by atoms with Crippen molar-refractivity contribution in [3.8, 4) is 22.5 Å². The van der Waals surface area contributed by atoms with Crippen LogP contribution in [0.3, 0.4) is 0 Å². The van der Waals surface area contributed by atoms with Crippen LogP contribution in [0.1, 0.15) is 19.8 Å². The topological polar surface area (TPSA) is 44.8 Å². The summed E-state index contributed by atoms with van der Waals surface area (Å²) in [6.07, 6.45) is 4.41. The number of fused-ring (bicyclic) bond motifs is 2. The van der Waals surface area contributed by atoms with E-state index in [4.69, 9.17) is 9.97 Å². The lowest BCUT2D eigenvalue weighted by atomic mass is 9.98. The minimum atomic E-state index is 0.810. The Morgan fingerprint density at radius 2 is 1.69 bits per heavy atom. The van der Waals surface area contributed by atoms with Crippen LogP contribution in [-0.4, -0.2) is 28.0 Å². The van der Waals surface area contributed by atoms with Crippen LogP contribution in [0.25, 0.3) is 44.5 Å². The Balaban J connectivity index is 1.40. The van der Waals surface area contributed by atoms with Gasteiger partial charge < -0.3 is 9.88 Å². The molecule has 1 aliphatic rings. The smallest absolute Gasteiger partial charge is 0.137 e. The molecule has 158 valence electrons. The van der Waals surface area contributed by atoms with Gasteiger partial charge in [-0.25, -0.2) is 9.97 Å². The molecule has 0 unspecified atom stereocenters. The van der Waals surface area contributed by atoms with Crippen molar-refractivity contribution in [2.75, 3.05) is 18.0 Å². The van der Waals surface area contributed by atoms with Crippen LogP contribution in [0.15, 0.2) is 79.0 Å². The second-order valence-electron chi connectivity index (χ2n) is 8.93. The maximum Gasteiger partial charge on any atom is 0.137 e. The van der Waals surface area contributed by atoms with Crippen molar-refractivity contribution in [3.05, 3.63) is 79.0 Å². The first kappa shape index (κ1) is 19.1. The van der Waals surface area contributed by atoms with Gasteiger partial charge in [0.1, 0.15) is 5.65 Å². The molecule has 5 aromatic rings. The van der Waals surface area contributed by atoms with Crippen LogP contribution in [0.2, 0.25) is 0 Å². The number of piperidine rings is 1. The summed E-state index contributed by atoms with van der Waals surface area (Å²) in [4.78, 5) is 15.8. The Bertz CT molecular complexity index is 1400. The molecule has 0 radical (unpaired) electrons. The van der Waals surface area contributed by atoms with E-state index in [2.05, 4.69) is 83.5 Å². The number of rotatable bonds is 3. The largest absolute Gasteiger partial charge is 0.370 e. The molecule has 3 aromatic heterocycles. The SMILES string of the molecule is CC1CCN(c2cccc3ccc(-c4cnc5[nH]c(-c6ccccc6)cc5c4)nc23)CC1. The molecule has 4 heteroatoms. The molecule has 4 heterocycles. The molecule has 0 aliphatic carbocycles. The molecule has 0 amide bonds. The van der Waals surface area contributed by atoms with E-state index in [9.17, 15) is 0 Å². The van der Waals surface area contributed by atoms with Crippen molar-refractivity contribution in [3.63, 3.8) is 0 Å². The third-order valence-corrected chi connectivity index (χ3v) is 6.67. The van der Waals surface area contributed by atoms with Crippen molar-refractivity contribution in [2.24, 2.45) is 5.92 Å². The average Bonchev–Trinajstić information content (AvgIpc) is 3.28. The van der Waals surface area contributed by atoms with E-state index in [-0.39, 0.29) is 0 Å². The van der Waals surface area contributed by atoms with Gasteiger partial charge in [0.2, 0.25) is 0 Å². The molecule has 0 saturated carbocycles. The summed E-state index contributed by atoms with van der Waals surface area (Å²) in [6.45, 7) is 4.56. The first-order valence-corrected chi connectivity index (χ1v) is 11.4. The molecule has 1 saturated heterocycles. The van der Waals surface area contributed by atoms with E-state index in [0.29, 0.717) is 0 Å². The van der Waals surface area contributed by atoms with Crippen LogP contribution < -0.4 is 4.90 Å². The lowest BCUT2D eigenvalue weighted by molar-refractivity contribution is 0.439. The monoisotopic (exact) mass is 418 g/mol. The summed E-state index contributed by atoms with van der Waals surface area (Å²) in [5.41, 5.74) is 7.48. The van der Waals surface area contributed by atoms with Gasteiger partial charge in [-0.15, -0.1) is 0 Å². The van der Waals surface area contributed by atoms with Crippen molar-refractivity contribution in [2.45, 2.75) is 19.8 Å². The Morgan fingerprint density at radius 1 is 0.844 bits per heavy atom. The highest BCUT2D eigenvalue weighted by atomic mass is 15.1. The van der Waals surface area contributed by atoms with E-state index in [1.54, 1.807) is 0 Å². The molecule has 1 fully saturated rings. The number of hydrogen-bond acceptors (Lipinski definition) is 3. The number of para-hydroxylation sites is 1. The van der Waals surface area contributed by atoms with Gasteiger partial charge in [0.05, 0.1) is 16.9 Å². The summed E-state index contributed by atoms with van der Waals surface area (Å²) in [5.74, 6) is 0.810. The number of nitrogens with one attached hydrogen (secondary N) is 1. The van der Waals surface area contributed by atoms with Gasteiger partial charge >= 0.3 is 0 Å². The molecule has 32 heavy (non-hydrogen) atoms. The van der Waals surface area contributed by atoms with E-state index in [0.717, 1.165) is 58.1 Å². The van der Waals surface area contributed by atoms with Gasteiger partial charge in [0, 0.05) is 41.3 Å². The number of anilines is 1. The molecule has 0 spiro atoms. The van der Waals surface area contributed by atoms with Crippen molar-refractivity contribution in [1.29, 1.82) is 0 Å². The van der Waals surface area contributed by atoms with Crippen LogP contribution in [-0.2, 0) is 0 Å². The standard InChI is InChI=1S/C28H26N4/c1-19-12-14-32(15-13-19)26-9-5-8-21-10-11-24(30-27(21)26)23-16-22-17-25(31-28(22)29-18-23)20-6-3-2-4-7-20/h2-11,16-19H,12-15H2,1H3,(H,29,31). The predicted molar refractivity (Wildman–Crippen MR) is 133 cm³/mol. The zero-order chi connectivity index (χ0) is 21.5. The van der Waals surface area contributed by atoms with Crippen LogP contribution in [0, 0.1) is 5.92 Å². The first-order chi connectivity index (χ1) is 15.7. The second kappa shape index (κ2) is 7.79. The summed E-state index contributed by atoms with van der Waals surface area (Å²) >= 11 is 0. The molecule has 4 nitrogen and oxygen atoms in total. The van der Waals surface area contributed by atoms with Crippen molar-refractivity contribution in [1.82, 2.24) is 15.0 Å². The number of nitrogens with zero attached hydrogens (tertiary/aromatic N) is 3. The molecule has 1 aliphatic heterocycles. The number of benzene rings is 2. The average molecular weight is 419 g/mol. The van der Waals surface area contributed by atoms with Gasteiger partial charge in [0.15, 0.2) is 0 Å². The quantitative estimate of drug-likeness (QED) is 0.355. The van der Waals surface area contributed by atoms with E-state index in [1.807, 2.05) is 12.3 Å². The van der Waals surface area contributed by atoms with Gasteiger partial charge in [-0.2, -0.15) is 0 Å². The normalized spacial score (nSPS) is 15.0. The van der Waals surface area contributed by atoms with E-state index < -0.39 is 0 Å². The number of aromatic nitrogens is 3. The van der Waals surface area contributed by atoms with Gasteiger partial charge in [-0.3, -0.25) is 0 Å². The third kappa shape index (κ3) is 3.42. The molecule has 1 N–H and O–H groups in total. The molecular formula is C28H26N4. The second-order valence-corrected chi connectivity index (χ2v) is 8.93. The van der Waals surface area contributed by atoms with E-state index in [1.165, 1.54) is 23.9 Å². The molecule has 0 bridgehead atoms. The molecule has 2 aromatic carbocycles. The van der Waals surface area contributed by atoms with Gasteiger partial charge in [-0.05, 0) is 48.6 Å². The number of pyridine rings is 2. The lowest BCUT2D eigenvalue weighted by Crippen LogP contribution is -2.32. The molecular weight excluding hydrogens is 392 g/mol.